The van der Waals surface area contributed by atoms with E-state index in [4.69, 9.17) is 11.6 Å². The van der Waals surface area contributed by atoms with E-state index in [1.807, 2.05) is 0 Å². The Balaban J connectivity index is 1.26. The minimum Gasteiger partial charge on any atom is -0.327 e. The predicted octanol–water partition coefficient (Wildman–Crippen LogP) is 4.47. The van der Waals surface area contributed by atoms with Crippen LogP contribution in [0.15, 0.2) is 82.7 Å². The first-order valence-electron chi connectivity index (χ1n) is 10.9. The summed E-state index contributed by atoms with van der Waals surface area (Å²) in [4.78, 5) is 31.7. The van der Waals surface area contributed by atoms with E-state index >= 15 is 0 Å². The van der Waals surface area contributed by atoms with Gasteiger partial charge in [0.05, 0.1) is 21.4 Å². The number of hydrogen-bond acceptors (Lipinski definition) is 5. The second-order valence-electron chi connectivity index (χ2n) is 8.59. The van der Waals surface area contributed by atoms with Crippen molar-refractivity contribution in [3.8, 4) is 0 Å². The maximum absolute atomic E-state index is 12.9. The summed E-state index contributed by atoms with van der Waals surface area (Å²) in [7, 11) is -3.50. The number of halogens is 1. The van der Waals surface area contributed by atoms with E-state index in [-0.39, 0.29) is 40.2 Å². The first kappa shape index (κ1) is 22.5. The molecule has 2 heterocycles. The first-order valence-corrected chi connectivity index (χ1v) is 12.9. The molecule has 0 radical (unpaired) electrons. The third kappa shape index (κ3) is 4.54. The third-order valence-electron chi connectivity index (χ3n) is 6.23. The molecule has 4 aromatic rings. The number of aromatic nitrogens is 2. The van der Waals surface area contributed by atoms with Crippen molar-refractivity contribution >= 4 is 38.0 Å². The minimum absolute atomic E-state index is 0.0898. The molecule has 0 saturated heterocycles. The molecule has 2 aromatic heterocycles. The van der Waals surface area contributed by atoms with Gasteiger partial charge < -0.3 is 4.98 Å². The van der Waals surface area contributed by atoms with Crippen LogP contribution < -0.4 is 5.56 Å². The summed E-state index contributed by atoms with van der Waals surface area (Å²) >= 11 is 6.20. The number of carbonyl (C=O) groups excluding carboxylic acids is 1. The van der Waals surface area contributed by atoms with E-state index in [0.29, 0.717) is 21.5 Å². The molecule has 1 unspecified atom stereocenters. The zero-order valence-corrected chi connectivity index (χ0v) is 19.6. The molecule has 1 saturated carbocycles. The van der Waals surface area contributed by atoms with Crippen molar-refractivity contribution in [2.24, 2.45) is 5.92 Å². The van der Waals surface area contributed by atoms with Crippen molar-refractivity contribution < 1.29 is 13.2 Å². The van der Waals surface area contributed by atoms with Gasteiger partial charge in [-0.1, -0.05) is 35.9 Å². The summed E-state index contributed by atoms with van der Waals surface area (Å²) in [6.07, 6.45) is 4.03. The van der Waals surface area contributed by atoms with Crippen LogP contribution in [0.25, 0.3) is 10.8 Å². The highest BCUT2D eigenvalue weighted by Crippen LogP contribution is 2.48. The topological polar surface area (TPSA) is 97.0 Å². The number of fused-ring (bicyclic) bond motifs is 1. The second kappa shape index (κ2) is 8.81. The molecular formula is C26H21ClN2O4S. The summed E-state index contributed by atoms with van der Waals surface area (Å²) in [5.74, 6) is -0.0373. The minimum atomic E-state index is -3.50. The van der Waals surface area contributed by atoms with E-state index in [1.54, 1.807) is 66.9 Å². The van der Waals surface area contributed by atoms with Crippen molar-refractivity contribution in [1.29, 1.82) is 0 Å². The molecule has 0 spiro atoms. The lowest BCUT2D eigenvalue weighted by Gasteiger charge is -2.07. The Kier molecular flexibility index (Phi) is 5.83. The molecule has 0 amide bonds. The fourth-order valence-electron chi connectivity index (χ4n) is 4.32. The summed E-state index contributed by atoms with van der Waals surface area (Å²) in [6.45, 7) is 0. The summed E-state index contributed by atoms with van der Waals surface area (Å²) in [5.41, 5.74) is 2.05. The Morgan fingerprint density at radius 3 is 2.59 bits per heavy atom. The van der Waals surface area contributed by atoms with Crippen LogP contribution in [0.2, 0.25) is 5.02 Å². The second-order valence-corrected chi connectivity index (χ2v) is 11.0. The number of Topliss-reactive ketones (excluding diaryl/α,β-unsaturated/α-hetero) is 1. The van der Waals surface area contributed by atoms with Crippen LogP contribution in [0.4, 0.5) is 0 Å². The standard InChI is InChI=1S/C26H21ClN2O4S/c27-24-14-29-26(31)20-9-4-16(11-22(20)24)12-25(30)23-13-21(23)17-5-7-19(8-6-17)34(32,33)15-18-3-1-2-10-28-18/h1-11,14,21,23H,12-13,15H2,(H,29,31)/t21?,23-/m1/s1. The van der Waals surface area contributed by atoms with Crippen LogP contribution in [0.1, 0.15) is 29.2 Å². The number of benzene rings is 2. The smallest absolute Gasteiger partial charge is 0.255 e. The fraction of sp³-hybridized carbons (Fsp3) is 0.192. The van der Waals surface area contributed by atoms with Crippen LogP contribution in [0.3, 0.4) is 0 Å². The summed E-state index contributed by atoms with van der Waals surface area (Å²) in [6, 6.07) is 17.3. The molecule has 0 aliphatic heterocycles. The zero-order chi connectivity index (χ0) is 23.9. The number of nitrogens with zero attached hydrogens (tertiary/aromatic N) is 1. The van der Waals surface area contributed by atoms with E-state index in [0.717, 1.165) is 17.5 Å². The van der Waals surface area contributed by atoms with Crippen molar-refractivity contribution in [3.63, 3.8) is 0 Å². The number of H-pyrrole nitrogens is 1. The van der Waals surface area contributed by atoms with E-state index in [2.05, 4.69) is 9.97 Å². The van der Waals surface area contributed by atoms with E-state index in [9.17, 15) is 18.0 Å². The van der Waals surface area contributed by atoms with Gasteiger partial charge in [0.1, 0.15) is 5.78 Å². The number of carbonyl (C=O) groups is 1. The molecule has 2 atom stereocenters. The van der Waals surface area contributed by atoms with Gasteiger partial charge >= 0.3 is 0 Å². The third-order valence-corrected chi connectivity index (χ3v) is 8.21. The van der Waals surface area contributed by atoms with Gasteiger partial charge in [-0.3, -0.25) is 14.6 Å². The van der Waals surface area contributed by atoms with Gasteiger partial charge in [0.15, 0.2) is 9.84 Å². The molecule has 1 fully saturated rings. The normalized spacial score (nSPS) is 17.6. The lowest BCUT2D eigenvalue weighted by Crippen LogP contribution is -2.08. The van der Waals surface area contributed by atoms with Crippen LogP contribution in [-0.2, 0) is 26.8 Å². The van der Waals surface area contributed by atoms with Gasteiger partial charge in [-0.2, -0.15) is 0 Å². The van der Waals surface area contributed by atoms with Crippen molar-refractivity contribution in [2.45, 2.75) is 29.4 Å². The lowest BCUT2D eigenvalue weighted by atomic mass is 10.0. The van der Waals surface area contributed by atoms with E-state index < -0.39 is 9.84 Å². The Morgan fingerprint density at radius 2 is 1.85 bits per heavy atom. The molecule has 1 aliphatic rings. The molecule has 8 heteroatoms. The molecular weight excluding hydrogens is 472 g/mol. The number of ketones is 1. The van der Waals surface area contributed by atoms with Crippen molar-refractivity contribution in [2.75, 3.05) is 0 Å². The Bertz CT molecular complexity index is 1550. The highest BCUT2D eigenvalue weighted by atomic mass is 35.5. The van der Waals surface area contributed by atoms with Gasteiger partial charge in [0.2, 0.25) is 0 Å². The summed E-state index contributed by atoms with van der Waals surface area (Å²) < 4.78 is 25.4. The quantitative estimate of drug-likeness (QED) is 0.410. The average Bonchev–Trinajstić information content (AvgIpc) is 3.63. The number of pyridine rings is 2. The zero-order valence-electron chi connectivity index (χ0n) is 18.1. The maximum atomic E-state index is 12.9. The highest BCUT2D eigenvalue weighted by molar-refractivity contribution is 7.90. The largest absolute Gasteiger partial charge is 0.327 e. The predicted molar refractivity (Wildman–Crippen MR) is 131 cm³/mol. The summed E-state index contributed by atoms with van der Waals surface area (Å²) in [5, 5.41) is 1.56. The molecule has 6 nitrogen and oxygen atoms in total. The maximum Gasteiger partial charge on any atom is 0.255 e. The molecule has 0 bridgehead atoms. The number of hydrogen-bond donors (Lipinski definition) is 1. The highest BCUT2D eigenvalue weighted by Gasteiger charge is 2.43. The van der Waals surface area contributed by atoms with Gasteiger partial charge in [0.25, 0.3) is 5.56 Å². The number of sulfone groups is 1. The Morgan fingerprint density at radius 1 is 1.06 bits per heavy atom. The van der Waals surface area contributed by atoms with Gasteiger partial charge in [0, 0.05) is 35.5 Å². The van der Waals surface area contributed by atoms with Crippen molar-refractivity contribution in [3.05, 3.63) is 105 Å². The number of nitrogens with one attached hydrogen (secondary N) is 1. The van der Waals surface area contributed by atoms with Gasteiger partial charge in [-0.05, 0) is 59.9 Å². The average molecular weight is 493 g/mol. The number of aromatic amines is 1. The molecule has 2 aromatic carbocycles. The van der Waals surface area contributed by atoms with Crippen LogP contribution in [0, 0.1) is 5.92 Å². The van der Waals surface area contributed by atoms with E-state index in [1.165, 1.54) is 6.20 Å². The van der Waals surface area contributed by atoms with Crippen molar-refractivity contribution in [1.82, 2.24) is 9.97 Å². The van der Waals surface area contributed by atoms with Gasteiger partial charge in [-0.25, -0.2) is 8.42 Å². The molecule has 172 valence electrons. The monoisotopic (exact) mass is 492 g/mol. The van der Waals surface area contributed by atoms with Crippen LogP contribution in [-0.4, -0.2) is 24.2 Å². The molecule has 34 heavy (non-hydrogen) atoms. The number of rotatable bonds is 7. The molecule has 1 N–H and O–H groups in total. The Labute approximate surface area is 201 Å². The molecule has 5 rings (SSSR count). The molecule has 1 aliphatic carbocycles. The fourth-order valence-corrected chi connectivity index (χ4v) is 5.81. The Hall–Kier alpha value is -3.29. The lowest BCUT2D eigenvalue weighted by molar-refractivity contribution is -0.119. The van der Waals surface area contributed by atoms with Gasteiger partial charge in [-0.15, -0.1) is 0 Å². The van der Waals surface area contributed by atoms with Crippen LogP contribution >= 0.6 is 11.6 Å². The SMILES string of the molecule is O=C(Cc1ccc2c(=O)[nH]cc(Cl)c2c1)[C@@H]1CC1c1ccc(S(=O)(=O)Cc2ccccn2)cc1. The van der Waals surface area contributed by atoms with Crippen LogP contribution in [0.5, 0.6) is 0 Å². The first-order chi connectivity index (χ1) is 16.3.